The summed E-state index contributed by atoms with van der Waals surface area (Å²) < 4.78 is 10.7. The molecule has 0 saturated heterocycles. The molecule has 0 unspecified atom stereocenters. The zero-order chi connectivity index (χ0) is 16.9. The first-order chi connectivity index (χ1) is 11.7. The van der Waals surface area contributed by atoms with Crippen LogP contribution in [0, 0.1) is 18.3 Å². The molecule has 0 radical (unpaired) electrons. The maximum atomic E-state index is 9.11. The molecule has 0 amide bonds. The van der Waals surface area contributed by atoms with Crippen LogP contribution >= 0.6 is 0 Å². The van der Waals surface area contributed by atoms with E-state index in [0.717, 1.165) is 12.0 Å². The minimum absolute atomic E-state index is 0.309. The molecule has 2 aromatic heterocycles. The second kappa shape index (κ2) is 6.89. The van der Waals surface area contributed by atoms with E-state index in [1.54, 1.807) is 43.6 Å². The van der Waals surface area contributed by atoms with Gasteiger partial charge in [-0.1, -0.05) is 0 Å². The molecule has 0 spiro atoms. The Morgan fingerprint density at radius 3 is 2.67 bits per heavy atom. The summed E-state index contributed by atoms with van der Waals surface area (Å²) in [5.74, 6) is 1.87. The number of hydrogen-bond acceptors (Lipinski definition) is 7. The van der Waals surface area contributed by atoms with Gasteiger partial charge in [-0.3, -0.25) is 0 Å². The normalized spacial score (nSPS) is 10.4. The van der Waals surface area contributed by atoms with E-state index in [4.69, 9.17) is 20.3 Å². The van der Waals surface area contributed by atoms with E-state index in [0.29, 0.717) is 40.9 Å². The van der Waals surface area contributed by atoms with Crippen LogP contribution in [0.5, 0.6) is 11.6 Å². The predicted molar refractivity (Wildman–Crippen MR) is 86.3 cm³/mol. The second-order valence-corrected chi connectivity index (χ2v) is 5.15. The van der Waals surface area contributed by atoms with E-state index in [-0.39, 0.29) is 0 Å². The van der Waals surface area contributed by atoms with Gasteiger partial charge in [0.1, 0.15) is 11.5 Å². The highest BCUT2D eigenvalue weighted by Crippen LogP contribution is 2.32. The number of hydrogen-bond donors (Lipinski definition) is 1. The standard InChI is InChI=1S/C17H15N5O2/c1-11-6-16(22-24-11)23-15-7-12(8-19)2-3-14(15)17-20-9-13(4-5-18)10-21-17/h2-3,6-7,9-10H,4-5,18H2,1H3. The van der Waals surface area contributed by atoms with Crippen molar-refractivity contribution in [3.05, 3.63) is 53.5 Å². The van der Waals surface area contributed by atoms with Gasteiger partial charge in [-0.05, 0) is 48.8 Å². The molecular weight excluding hydrogens is 306 g/mol. The first kappa shape index (κ1) is 15.6. The third-order valence-corrected chi connectivity index (χ3v) is 3.31. The smallest absolute Gasteiger partial charge is 0.259 e. The third-order valence-electron chi connectivity index (χ3n) is 3.31. The van der Waals surface area contributed by atoms with Crippen molar-refractivity contribution in [2.75, 3.05) is 6.54 Å². The Bertz CT molecular complexity index is 881. The molecule has 0 aliphatic carbocycles. The van der Waals surface area contributed by atoms with Gasteiger partial charge in [0.25, 0.3) is 5.88 Å². The lowest BCUT2D eigenvalue weighted by Gasteiger charge is -2.09. The topological polar surface area (TPSA) is 111 Å². The van der Waals surface area contributed by atoms with Crippen LogP contribution in [0.1, 0.15) is 16.9 Å². The van der Waals surface area contributed by atoms with E-state index < -0.39 is 0 Å². The van der Waals surface area contributed by atoms with E-state index >= 15 is 0 Å². The quantitative estimate of drug-likeness (QED) is 0.768. The second-order valence-electron chi connectivity index (χ2n) is 5.15. The predicted octanol–water partition coefficient (Wildman–Crippen LogP) is 2.61. The lowest BCUT2D eigenvalue weighted by molar-refractivity contribution is 0.355. The van der Waals surface area contributed by atoms with Crippen LogP contribution in [-0.4, -0.2) is 21.7 Å². The number of nitriles is 1. The molecule has 0 aliphatic heterocycles. The van der Waals surface area contributed by atoms with Gasteiger partial charge in [0.15, 0.2) is 5.82 Å². The fraction of sp³-hybridized carbons (Fsp3) is 0.176. The number of rotatable bonds is 5. The lowest BCUT2D eigenvalue weighted by Crippen LogP contribution is -2.04. The maximum absolute atomic E-state index is 9.11. The molecule has 0 bridgehead atoms. The number of aryl methyl sites for hydroxylation is 1. The van der Waals surface area contributed by atoms with Gasteiger partial charge in [-0.25, -0.2) is 9.97 Å². The zero-order valence-corrected chi connectivity index (χ0v) is 13.1. The van der Waals surface area contributed by atoms with Crippen LogP contribution in [0.15, 0.2) is 41.2 Å². The molecule has 0 fully saturated rings. The molecule has 0 saturated carbocycles. The Balaban J connectivity index is 1.98. The molecule has 0 aliphatic rings. The van der Waals surface area contributed by atoms with Crippen molar-refractivity contribution >= 4 is 0 Å². The monoisotopic (exact) mass is 321 g/mol. The fourth-order valence-electron chi connectivity index (χ4n) is 2.16. The van der Waals surface area contributed by atoms with Gasteiger partial charge >= 0.3 is 0 Å². The van der Waals surface area contributed by atoms with Gasteiger partial charge in [0.2, 0.25) is 0 Å². The molecule has 24 heavy (non-hydrogen) atoms. The summed E-state index contributed by atoms with van der Waals surface area (Å²) in [7, 11) is 0. The van der Waals surface area contributed by atoms with Crippen LogP contribution in [-0.2, 0) is 6.42 Å². The third kappa shape index (κ3) is 3.39. The van der Waals surface area contributed by atoms with Crippen molar-refractivity contribution in [1.82, 2.24) is 15.1 Å². The van der Waals surface area contributed by atoms with Crippen molar-refractivity contribution in [1.29, 1.82) is 5.26 Å². The minimum atomic E-state index is 0.309. The molecule has 7 nitrogen and oxygen atoms in total. The van der Waals surface area contributed by atoms with Crippen LogP contribution < -0.4 is 10.5 Å². The fourth-order valence-corrected chi connectivity index (χ4v) is 2.16. The molecule has 120 valence electrons. The summed E-state index contributed by atoms with van der Waals surface area (Å²) in [5, 5.41) is 12.9. The number of aromatic nitrogens is 3. The summed E-state index contributed by atoms with van der Waals surface area (Å²) in [5.41, 5.74) is 7.62. The van der Waals surface area contributed by atoms with Crippen molar-refractivity contribution in [3.63, 3.8) is 0 Å². The Kier molecular flexibility index (Phi) is 4.50. The molecule has 3 aromatic rings. The Hall–Kier alpha value is -3.24. The summed E-state index contributed by atoms with van der Waals surface area (Å²) in [4.78, 5) is 8.71. The van der Waals surface area contributed by atoms with Crippen LogP contribution in [0.25, 0.3) is 11.4 Å². The molecule has 1 aromatic carbocycles. The van der Waals surface area contributed by atoms with Gasteiger partial charge in [-0.15, -0.1) is 0 Å². The maximum Gasteiger partial charge on any atom is 0.259 e. The molecule has 2 heterocycles. The highest BCUT2D eigenvalue weighted by molar-refractivity contribution is 5.66. The summed E-state index contributed by atoms with van der Waals surface area (Å²) in [6, 6.07) is 8.80. The van der Waals surface area contributed by atoms with Crippen LogP contribution in [0.2, 0.25) is 0 Å². The molecular formula is C17H15N5O2. The number of benzene rings is 1. The van der Waals surface area contributed by atoms with Gasteiger partial charge in [0.05, 0.1) is 17.2 Å². The molecule has 7 heteroatoms. The Morgan fingerprint density at radius 1 is 1.25 bits per heavy atom. The highest BCUT2D eigenvalue weighted by atomic mass is 16.5. The molecule has 0 atom stereocenters. The van der Waals surface area contributed by atoms with Crippen LogP contribution in [0.4, 0.5) is 0 Å². The van der Waals surface area contributed by atoms with E-state index in [1.165, 1.54) is 0 Å². The minimum Gasteiger partial charge on any atom is -0.436 e. The number of nitrogens with zero attached hydrogens (tertiary/aromatic N) is 4. The zero-order valence-electron chi connectivity index (χ0n) is 13.1. The van der Waals surface area contributed by atoms with Crippen molar-refractivity contribution in [2.45, 2.75) is 13.3 Å². The average Bonchev–Trinajstić information content (AvgIpc) is 3.01. The Labute approximate surface area is 138 Å². The first-order valence-electron chi connectivity index (χ1n) is 7.36. The molecule has 2 N–H and O–H groups in total. The van der Waals surface area contributed by atoms with Crippen molar-refractivity contribution in [2.24, 2.45) is 5.73 Å². The van der Waals surface area contributed by atoms with Crippen molar-refractivity contribution < 1.29 is 9.26 Å². The number of ether oxygens (including phenoxy) is 1. The average molecular weight is 321 g/mol. The largest absolute Gasteiger partial charge is 0.436 e. The summed E-state index contributed by atoms with van der Waals surface area (Å²) in [6.07, 6.45) is 4.18. The SMILES string of the molecule is Cc1cc(Oc2cc(C#N)ccc2-c2ncc(CCN)cn2)no1. The van der Waals surface area contributed by atoms with E-state index in [9.17, 15) is 0 Å². The van der Waals surface area contributed by atoms with Crippen LogP contribution in [0.3, 0.4) is 0 Å². The van der Waals surface area contributed by atoms with Crippen molar-refractivity contribution in [3.8, 4) is 29.1 Å². The summed E-state index contributed by atoms with van der Waals surface area (Å²) in [6.45, 7) is 2.31. The van der Waals surface area contributed by atoms with Gasteiger partial charge in [-0.2, -0.15) is 5.26 Å². The lowest BCUT2D eigenvalue weighted by atomic mass is 10.1. The van der Waals surface area contributed by atoms with E-state index in [2.05, 4.69) is 21.2 Å². The van der Waals surface area contributed by atoms with Gasteiger partial charge < -0.3 is 15.0 Å². The first-order valence-corrected chi connectivity index (χ1v) is 7.36. The van der Waals surface area contributed by atoms with E-state index in [1.807, 2.05) is 0 Å². The number of nitrogens with two attached hydrogens (primary N) is 1. The highest BCUT2D eigenvalue weighted by Gasteiger charge is 2.13. The molecule has 3 rings (SSSR count). The Morgan fingerprint density at radius 2 is 2.04 bits per heavy atom. The summed E-state index contributed by atoms with van der Waals surface area (Å²) >= 11 is 0. The van der Waals surface area contributed by atoms with Gasteiger partial charge in [0, 0.05) is 18.5 Å².